The smallest absolute Gasteiger partial charge is 0.223 e. The molecule has 1 aliphatic rings. The summed E-state index contributed by atoms with van der Waals surface area (Å²) >= 11 is 0. The van der Waals surface area contributed by atoms with E-state index in [9.17, 15) is 4.79 Å². The molecule has 0 atom stereocenters. The molecule has 1 aromatic heterocycles. The number of hydrogen-bond donors (Lipinski definition) is 2. The van der Waals surface area contributed by atoms with Gasteiger partial charge in [0.05, 0.1) is 7.11 Å². The molecule has 0 bridgehead atoms. The normalized spacial score (nSPS) is 14.2. The van der Waals surface area contributed by atoms with Crippen LogP contribution in [0.25, 0.3) is 0 Å². The van der Waals surface area contributed by atoms with Gasteiger partial charge in [-0.1, -0.05) is 0 Å². The van der Waals surface area contributed by atoms with E-state index in [0.717, 1.165) is 18.5 Å². The van der Waals surface area contributed by atoms with Crippen molar-refractivity contribution in [1.29, 1.82) is 0 Å². The Kier molecular flexibility index (Phi) is 3.80. The summed E-state index contributed by atoms with van der Waals surface area (Å²) in [4.78, 5) is 15.4. The van der Waals surface area contributed by atoms with Crippen molar-refractivity contribution < 1.29 is 9.53 Å². The van der Waals surface area contributed by atoms with Crippen LogP contribution in [-0.2, 0) is 4.79 Å². The Labute approximate surface area is 101 Å². The summed E-state index contributed by atoms with van der Waals surface area (Å²) in [7, 11) is 1.59. The lowest BCUT2D eigenvalue weighted by Crippen LogP contribution is -2.29. The molecule has 1 aliphatic carbocycles. The number of anilines is 1. The molecule has 2 N–H and O–H groups in total. The van der Waals surface area contributed by atoms with Crippen LogP contribution in [0.2, 0.25) is 0 Å². The highest BCUT2D eigenvalue weighted by atomic mass is 16.5. The van der Waals surface area contributed by atoms with Crippen LogP contribution in [0, 0.1) is 5.92 Å². The van der Waals surface area contributed by atoms with E-state index in [1.807, 2.05) is 12.1 Å². The zero-order valence-corrected chi connectivity index (χ0v) is 9.90. The van der Waals surface area contributed by atoms with Gasteiger partial charge in [0, 0.05) is 37.0 Å². The minimum absolute atomic E-state index is 0.180. The number of ether oxygens (including phenoxy) is 1. The van der Waals surface area contributed by atoms with Crippen molar-refractivity contribution in [2.24, 2.45) is 5.92 Å². The second-order valence-electron chi connectivity index (χ2n) is 4.08. The van der Waals surface area contributed by atoms with Crippen LogP contribution in [-0.4, -0.2) is 31.1 Å². The summed E-state index contributed by atoms with van der Waals surface area (Å²) in [6, 6.07) is 3.69. The van der Waals surface area contributed by atoms with Crippen molar-refractivity contribution in [3.05, 3.63) is 18.3 Å². The summed E-state index contributed by atoms with van der Waals surface area (Å²) in [5, 5.41) is 6.09. The van der Waals surface area contributed by atoms with Crippen molar-refractivity contribution in [2.45, 2.75) is 12.8 Å². The van der Waals surface area contributed by atoms with Gasteiger partial charge < -0.3 is 15.4 Å². The van der Waals surface area contributed by atoms with Gasteiger partial charge in [-0.25, -0.2) is 4.98 Å². The number of methoxy groups -OCH3 is 1. The van der Waals surface area contributed by atoms with E-state index < -0.39 is 0 Å². The van der Waals surface area contributed by atoms with Gasteiger partial charge >= 0.3 is 0 Å². The van der Waals surface area contributed by atoms with Crippen LogP contribution in [0.5, 0.6) is 5.88 Å². The van der Waals surface area contributed by atoms with Crippen molar-refractivity contribution in [3.63, 3.8) is 0 Å². The number of nitrogens with one attached hydrogen (secondary N) is 2. The van der Waals surface area contributed by atoms with Gasteiger partial charge in [-0.05, 0) is 18.9 Å². The van der Waals surface area contributed by atoms with E-state index in [2.05, 4.69) is 15.6 Å². The topological polar surface area (TPSA) is 63.2 Å². The Morgan fingerprint density at radius 2 is 2.35 bits per heavy atom. The van der Waals surface area contributed by atoms with Gasteiger partial charge in [0.25, 0.3) is 0 Å². The number of nitrogens with zero attached hydrogens (tertiary/aromatic N) is 1. The van der Waals surface area contributed by atoms with E-state index in [1.54, 1.807) is 13.3 Å². The summed E-state index contributed by atoms with van der Waals surface area (Å²) < 4.78 is 5.02. The number of carbonyl (C=O) groups excluding carboxylic acids is 1. The zero-order chi connectivity index (χ0) is 12.1. The average Bonchev–Trinajstić information content (AvgIpc) is 3.19. The highest BCUT2D eigenvalue weighted by Crippen LogP contribution is 2.28. The standard InChI is InChI=1S/C12H17N3O2/c1-17-11-8-10(4-5-14-11)13-6-7-15-12(16)9-2-3-9/h4-5,8-9H,2-3,6-7H2,1H3,(H,13,14)(H,15,16). The third-order valence-electron chi connectivity index (χ3n) is 2.65. The molecule has 0 aromatic carbocycles. The minimum atomic E-state index is 0.180. The molecule has 0 spiro atoms. The zero-order valence-electron chi connectivity index (χ0n) is 9.90. The molecule has 5 nitrogen and oxygen atoms in total. The largest absolute Gasteiger partial charge is 0.481 e. The molecule has 0 saturated heterocycles. The van der Waals surface area contributed by atoms with Gasteiger partial charge in [-0.2, -0.15) is 0 Å². The van der Waals surface area contributed by atoms with Crippen molar-refractivity contribution in [3.8, 4) is 5.88 Å². The molecule has 1 saturated carbocycles. The van der Waals surface area contributed by atoms with Gasteiger partial charge in [-0.15, -0.1) is 0 Å². The molecule has 1 fully saturated rings. The number of pyridine rings is 1. The molecular formula is C12H17N3O2. The average molecular weight is 235 g/mol. The van der Waals surface area contributed by atoms with E-state index in [4.69, 9.17) is 4.74 Å². The molecule has 92 valence electrons. The lowest BCUT2D eigenvalue weighted by Gasteiger charge is -2.08. The van der Waals surface area contributed by atoms with Gasteiger partial charge in [-0.3, -0.25) is 4.79 Å². The number of carbonyl (C=O) groups is 1. The Balaban J connectivity index is 1.68. The van der Waals surface area contributed by atoms with E-state index >= 15 is 0 Å². The first-order valence-corrected chi connectivity index (χ1v) is 5.81. The molecule has 0 unspecified atom stereocenters. The predicted molar refractivity (Wildman–Crippen MR) is 65.0 cm³/mol. The molecule has 2 rings (SSSR count). The van der Waals surface area contributed by atoms with Crippen LogP contribution < -0.4 is 15.4 Å². The van der Waals surface area contributed by atoms with Crippen molar-refractivity contribution >= 4 is 11.6 Å². The van der Waals surface area contributed by atoms with Crippen LogP contribution in [0.1, 0.15) is 12.8 Å². The van der Waals surface area contributed by atoms with Crippen LogP contribution in [0.3, 0.4) is 0 Å². The fourth-order valence-electron chi connectivity index (χ4n) is 1.51. The quantitative estimate of drug-likeness (QED) is 0.723. The van der Waals surface area contributed by atoms with Gasteiger partial charge in [0.1, 0.15) is 0 Å². The Hall–Kier alpha value is -1.78. The fraction of sp³-hybridized carbons (Fsp3) is 0.500. The summed E-state index contributed by atoms with van der Waals surface area (Å²) in [6.07, 6.45) is 3.77. The molecule has 1 amide bonds. The van der Waals surface area contributed by atoms with E-state index in [1.165, 1.54) is 0 Å². The van der Waals surface area contributed by atoms with Crippen LogP contribution >= 0.6 is 0 Å². The molecule has 0 aliphatic heterocycles. The van der Waals surface area contributed by atoms with Crippen LogP contribution in [0.4, 0.5) is 5.69 Å². The molecule has 5 heteroatoms. The lowest BCUT2D eigenvalue weighted by molar-refractivity contribution is -0.122. The number of amides is 1. The van der Waals surface area contributed by atoms with Crippen molar-refractivity contribution in [2.75, 3.05) is 25.5 Å². The molecule has 0 radical (unpaired) electrons. The lowest BCUT2D eigenvalue weighted by atomic mass is 10.3. The third kappa shape index (κ3) is 3.62. The second-order valence-corrected chi connectivity index (χ2v) is 4.08. The highest BCUT2D eigenvalue weighted by molar-refractivity contribution is 5.80. The monoisotopic (exact) mass is 235 g/mol. The second kappa shape index (κ2) is 5.52. The fourth-order valence-corrected chi connectivity index (χ4v) is 1.51. The molecule has 1 aromatic rings. The van der Waals surface area contributed by atoms with Crippen molar-refractivity contribution in [1.82, 2.24) is 10.3 Å². The number of rotatable bonds is 6. The third-order valence-corrected chi connectivity index (χ3v) is 2.65. The van der Waals surface area contributed by atoms with E-state index in [-0.39, 0.29) is 11.8 Å². The number of hydrogen-bond acceptors (Lipinski definition) is 4. The van der Waals surface area contributed by atoms with Crippen LogP contribution in [0.15, 0.2) is 18.3 Å². The Morgan fingerprint density at radius 3 is 3.06 bits per heavy atom. The minimum Gasteiger partial charge on any atom is -0.481 e. The Bertz CT molecular complexity index is 391. The highest BCUT2D eigenvalue weighted by Gasteiger charge is 2.28. The summed E-state index contributed by atoms with van der Waals surface area (Å²) in [6.45, 7) is 1.34. The molecular weight excluding hydrogens is 218 g/mol. The predicted octanol–water partition coefficient (Wildman–Crippen LogP) is 1.03. The summed E-state index contributed by atoms with van der Waals surface area (Å²) in [5.41, 5.74) is 0.942. The maximum atomic E-state index is 11.3. The SMILES string of the molecule is COc1cc(NCCNC(=O)C2CC2)ccn1. The maximum Gasteiger partial charge on any atom is 0.223 e. The molecule has 1 heterocycles. The van der Waals surface area contributed by atoms with Gasteiger partial charge in [0.2, 0.25) is 11.8 Å². The molecule has 17 heavy (non-hydrogen) atoms. The first-order valence-electron chi connectivity index (χ1n) is 5.81. The van der Waals surface area contributed by atoms with Gasteiger partial charge in [0.15, 0.2) is 0 Å². The van der Waals surface area contributed by atoms with E-state index in [0.29, 0.717) is 19.0 Å². The maximum absolute atomic E-state index is 11.3. The Morgan fingerprint density at radius 1 is 1.53 bits per heavy atom. The first-order chi connectivity index (χ1) is 8.29. The number of aromatic nitrogens is 1. The summed E-state index contributed by atoms with van der Waals surface area (Å²) in [5.74, 6) is 1.03. The first kappa shape index (κ1) is 11.7.